The van der Waals surface area contributed by atoms with Gasteiger partial charge in [0.05, 0.1) is 29.8 Å². The van der Waals surface area contributed by atoms with Gasteiger partial charge in [-0.15, -0.1) is 0 Å². The van der Waals surface area contributed by atoms with Gasteiger partial charge in [-0.05, 0) is 24.8 Å². The average Bonchev–Trinajstić information content (AvgIpc) is 2.42. The lowest BCUT2D eigenvalue weighted by Crippen LogP contribution is -2.33. The number of anilines is 1. The van der Waals surface area contributed by atoms with Crippen molar-refractivity contribution >= 4 is 17.3 Å². The quantitative estimate of drug-likeness (QED) is 0.487. The summed E-state index contributed by atoms with van der Waals surface area (Å²) in [6.07, 6.45) is 0.906. The molecule has 0 spiro atoms. The number of esters is 1. The second-order valence-corrected chi connectivity index (χ2v) is 4.97. The standard InChI is InChI=1S/C13H15FN2O5/c1-21-13(18)9-4-11(12(16(19)20)5-10(9)14)15-6-7-2-8(17)3-7/h4-5,7-8,15,17H,2-3,6H2,1H3. The fourth-order valence-electron chi connectivity index (χ4n) is 2.24. The molecule has 0 aliphatic heterocycles. The zero-order valence-electron chi connectivity index (χ0n) is 11.3. The molecule has 0 saturated heterocycles. The largest absolute Gasteiger partial charge is 0.465 e. The molecule has 21 heavy (non-hydrogen) atoms. The molecule has 0 heterocycles. The molecule has 1 aromatic rings. The second kappa shape index (κ2) is 6.04. The van der Waals surface area contributed by atoms with Crippen LogP contribution in [0.3, 0.4) is 0 Å². The highest BCUT2D eigenvalue weighted by Gasteiger charge is 2.28. The van der Waals surface area contributed by atoms with Gasteiger partial charge >= 0.3 is 5.97 Å². The zero-order chi connectivity index (χ0) is 15.6. The first-order valence-electron chi connectivity index (χ1n) is 6.40. The van der Waals surface area contributed by atoms with Crippen LogP contribution in [-0.4, -0.2) is 35.8 Å². The molecule has 1 aliphatic rings. The predicted molar refractivity (Wildman–Crippen MR) is 71.6 cm³/mol. The number of nitrogens with one attached hydrogen (secondary N) is 1. The second-order valence-electron chi connectivity index (χ2n) is 4.97. The molecule has 0 aromatic heterocycles. The van der Waals surface area contributed by atoms with Crippen LogP contribution >= 0.6 is 0 Å². The van der Waals surface area contributed by atoms with E-state index in [1.807, 2.05) is 0 Å². The zero-order valence-corrected chi connectivity index (χ0v) is 11.3. The highest BCUT2D eigenvalue weighted by molar-refractivity contribution is 5.91. The summed E-state index contributed by atoms with van der Waals surface area (Å²) in [6.45, 7) is 0.407. The minimum absolute atomic E-state index is 0.0585. The maximum absolute atomic E-state index is 13.7. The monoisotopic (exact) mass is 298 g/mol. The minimum atomic E-state index is -1.00. The van der Waals surface area contributed by atoms with E-state index in [1.165, 1.54) is 0 Å². The van der Waals surface area contributed by atoms with E-state index in [0.717, 1.165) is 13.2 Å². The van der Waals surface area contributed by atoms with Crippen molar-refractivity contribution in [3.8, 4) is 0 Å². The third kappa shape index (κ3) is 3.27. The predicted octanol–water partition coefficient (Wildman–Crippen LogP) is 1.70. The Morgan fingerprint density at radius 3 is 2.76 bits per heavy atom. The molecule has 1 aliphatic carbocycles. The van der Waals surface area contributed by atoms with Gasteiger partial charge in [-0.25, -0.2) is 9.18 Å². The molecule has 0 atom stereocenters. The van der Waals surface area contributed by atoms with E-state index in [-0.39, 0.29) is 23.3 Å². The molecular formula is C13H15FN2O5. The van der Waals surface area contributed by atoms with Gasteiger partial charge in [0, 0.05) is 6.54 Å². The lowest BCUT2D eigenvalue weighted by Gasteiger charge is -2.31. The molecule has 8 heteroatoms. The summed E-state index contributed by atoms with van der Waals surface area (Å²) in [6, 6.07) is 1.78. The molecule has 0 unspecified atom stereocenters. The van der Waals surface area contributed by atoms with Crippen molar-refractivity contribution in [1.29, 1.82) is 0 Å². The van der Waals surface area contributed by atoms with Gasteiger partial charge in [-0.2, -0.15) is 0 Å². The number of halogens is 1. The number of rotatable bonds is 5. The number of hydrogen-bond acceptors (Lipinski definition) is 6. The van der Waals surface area contributed by atoms with Crippen molar-refractivity contribution < 1.29 is 24.0 Å². The van der Waals surface area contributed by atoms with Crippen LogP contribution in [0.4, 0.5) is 15.8 Å². The Kier molecular flexibility index (Phi) is 4.37. The van der Waals surface area contributed by atoms with Crippen LogP contribution in [0.2, 0.25) is 0 Å². The Labute approximate surface area is 119 Å². The van der Waals surface area contributed by atoms with Crippen molar-refractivity contribution in [2.24, 2.45) is 5.92 Å². The number of nitro benzene ring substituents is 1. The average molecular weight is 298 g/mol. The molecule has 0 radical (unpaired) electrons. The highest BCUT2D eigenvalue weighted by Crippen LogP contribution is 2.31. The Balaban J connectivity index is 2.23. The maximum atomic E-state index is 13.7. The van der Waals surface area contributed by atoms with E-state index in [9.17, 15) is 24.4 Å². The Morgan fingerprint density at radius 1 is 1.57 bits per heavy atom. The number of aliphatic hydroxyl groups excluding tert-OH is 1. The lowest BCUT2D eigenvalue weighted by atomic mass is 9.82. The lowest BCUT2D eigenvalue weighted by molar-refractivity contribution is -0.384. The van der Waals surface area contributed by atoms with Crippen molar-refractivity contribution in [3.63, 3.8) is 0 Å². The summed E-state index contributed by atoms with van der Waals surface area (Å²) in [7, 11) is 1.10. The Morgan fingerprint density at radius 2 is 2.24 bits per heavy atom. The Bertz CT molecular complexity index is 572. The summed E-state index contributed by atoms with van der Waals surface area (Å²) in [5, 5.41) is 23.0. The van der Waals surface area contributed by atoms with E-state index in [4.69, 9.17) is 0 Å². The molecule has 0 bridgehead atoms. The summed E-state index contributed by atoms with van der Waals surface area (Å²) in [5.41, 5.74) is -0.748. The number of ether oxygens (including phenoxy) is 1. The van der Waals surface area contributed by atoms with Crippen LogP contribution in [0, 0.1) is 21.8 Å². The van der Waals surface area contributed by atoms with Crippen LogP contribution in [0.25, 0.3) is 0 Å². The molecular weight excluding hydrogens is 283 g/mol. The van der Waals surface area contributed by atoms with Gasteiger partial charge in [0.2, 0.25) is 0 Å². The number of aliphatic hydroxyl groups is 1. The van der Waals surface area contributed by atoms with Crippen LogP contribution in [-0.2, 0) is 4.74 Å². The van der Waals surface area contributed by atoms with Gasteiger partial charge in [0.1, 0.15) is 11.5 Å². The number of carbonyl (C=O) groups excluding carboxylic acids is 1. The smallest absolute Gasteiger partial charge is 0.340 e. The third-order valence-electron chi connectivity index (χ3n) is 3.48. The first-order chi connectivity index (χ1) is 9.92. The first kappa shape index (κ1) is 15.2. The van der Waals surface area contributed by atoms with E-state index in [2.05, 4.69) is 10.1 Å². The van der Waals surface area contributed by atoms with Crippen molar-refractivity contribution in [3.05, 3.63) is 33.6 Å². The van der Waals surface area contributed by atoms with Crippen LogP contribution in [0.5, 0.6) is 0 Å². The number of benzene rings is 1. The van der Waals surface area contributed by atoms with Gasteiger partial charge in [-0.1, -0.05) is 0 Å². The summed E-state index contributed by atoms with van der Waals surface area (Å²) < 4.78 is 18.1. The summed E-state index contributed by atoms with van der Waals surface area (Å²) >= 11 is 0. The first-order valence-corrected chi connectivity index (χ1v) is 6.40. The van der Waals surface area contributed by atoms with E-state index >= 15 is 0 Å². The van der Waals surface area contributed by atoms with Crippen LogP contribution < -0.4 is 5.32 Å². The topological polar surface area (TPSA) is 102 Å². The van der Waals surface area contributed by atoms with E-state index in [0.29, 0.717) is 25.5 Å². The van der Waals surface area contributed by atoms with E-state index < -0.39 is 22.4 Å². The molecule has 2 rings (SSSR count). The molecule has 1 fully saturated rings. The fraction of sp³-hybridized carbons (Fsp3) is 0.462. The molecule has 1 saturated carbocycles. The minimum Gasteiger partial charge on any atom is -0.465 e. The molecule has 2 N–H and O–H groups in total. The van der Waals surface area contributed by atoms with Gasteiger partial charge in [0.15, 0.2) is 0 Å². The molecule has 114 valence electrons. The SMILES string of the molecule is COC(=O)c1cc(NCC2CC(O)C2)c([N+](=O)[O-])cc1F. The number of hydrogen-bond donors (Lipinski definition) is 2. The van der Waals surface area contributed by atoms with Gasteiger partial charge in [0.25, 0.3) is 5.69 Å². The Hall–Kier alpha value is -2.22. The summed E-state index contributed by atoms with van der Waals surface area (Å²) in [5.74, 6) is -1.70. The van der Waals surface area contributed by atoms with Crippen molar-refractivity contribution in [2.45, 2.75) is 18.9 Å². The van der Waals surface area contributed by atoms with Crippen molar-refractivity contribution in [2.75, 3.05) is 19.0 Å². The number of nitrogens with zero attached hydrogens (tertiary/aromatic N) is 1. The number of methoxy groups -OCH3 is 1. The molecule has 1 aromatic carbocycles. The van der Waals surface area contributed by atoms with Crippen LogP contribution in [0.1, 0.15) is 23.2 Å². The maximum Gasteiger partial charge on any atom is 0.340 e. The molecule has 7 nitrogen and oxygen atoms in total. The van der Waals surface area contributed by atoms with E-state index in [1.54, 1.807) is 0 Å². The molecule has 0 amide bonds. The number of carbonyl (C=O) groups is 1. The third-order valence-corrected chi connectivity index (χ3v) is 3.48. The number of nitro groups is 1. The fourth-order valence-corrected chi connectivity index (χ4v) is 2.24. The normalized spacial score (nSPS) is 20.5. The van der Waals surface area contributed by atoms with Crippen LogP contribution in [0.15, 0.2) is 12.1 Å². The van der Waals surface area contributed by atoms with Crippen molar-refractivity contribution in [1.82, 2.24) is 0 Å². The summed E-state index contributed by atoms with van der Waals surface area (Å²) in [4.78, 5) is 21.7. The van der Waals surface area contributed by atoms with Gasteiger partial charge in [-0.3, -0.25) is 10.1 Å². The highest BCUT2D eigenvalue weighted by atomic mass is 19.1. The van der Waals surface area contributed by atoms with Gasteiger partial charge < -0.3 is 15.2 Å².